The minimum atomic E-state index is -1.22. The van der Waals surface area contributed by atoms with Gasteiger partial charge in [0.2, 0.25) is 5.91 Å². The number of carbonyl (C=O) groups excluding carboxylic acids is 2. The summed E-state index contributed by atoms with van der Waals surface area (Å²) in [6.07, 6.45) is 0. The maximum atomic E-state index is 12.4. The molecule has 0 unspecified atom stereocenters. The molecule has 0 saturated carbocycles. The van der Waals surface area contributed by atoms with Gasteiger partial charge in [-0.2, -0.15) is 0 Å². The number of hydrogen-bond donors (Lipinski definition) is 4. The Hall–Kier alpha value is -2.28. The molecular weight excluding hydrogens is 389 g/mol. The van der Waals surface area contributed by atoms with Crippen LogP contribution in [0.25, 0.3) is 0 Å². The molecule has 1 atom stereocenters. The molecule has 2 aromatic carbocycles. The predicted octanol–water partition coefficient (Wildman–Crippen LogP) is 3.43. The minimum absolute atomic E-state index is 0.289. The summed E-state index contributed by atoms with van der Waals surface area (Å²) in [5.74, 6) is -0.647. The molecule has 1 aliphatic heterocycles. The van der Waals surface area contributed by atoms with Crippen molar-refractivity contribution in [3.63, 3.8) is 0 Å². The molecule has 0 fully saturated rings. The summed E-state index contributed by atoms with van der Waals surface area (Å²) in [7, 11) is 0. The quantitative estimate of drug-likeness (QED) is 0.624. The Morgan fingerprint density at radius 3 is 2.56 bits per heavy atom. The van der Waals surface area contributed by atoms with Gasteiger partial charge >= 0.3 is 0 Å². The smallest absolute Gasteiger partial charge is 0.251 e. The Kier molecular flexibility index (Phi) is 5.33. The van der Waals surface area contributed by atoms with Gasteiger partial charge in [0.15, 0.2) is 0 Å². The van der Waals surface area contributed by atoms with Crippen molar-refractivity contribution in [3.05, 3.63) is 57.6 Å². The largest absolute Gasteiger partial charge is 0.388 e. The highest BCUT2D eigenvalue weighted by Gasteiger charge is 2.36. The van der Waals surface area contributed by atoms with E-state index in [1.54, 1.807) is 50.2 Å². The van der Waals surface area contributed by atoms with Gasteiger partial charge in [0, 0.05) is 12.1 Å². The van der Waals surface area contributed by atoms with E-state index >= 15 is 0 Å². The first-order valence-corrected chi connectivity index (χ1v) is 9.06. The third kappa shape index (κ3) is 4.35. The van der Waals surface area contributed by atoms with Crippen LogP contribution in [0.3, 0.4) is 0 Å². The molecule has 1 aliphatic rings. The van der Waals surface area contributed by atoms with Crippen molar-refractivity contribution in [1.29, 1.82) is 0 Å². The van der Waals surface area contributed by atoms with Crippen LogP contribution in [-0.2, 0) is 11.3 Å². The topological polar surface area (TPSA) is 90.5 Å². The zero-order chi connectivity index (χ0) is 19.8. The first kappa shape index (κ1) is 19.5. The highest BCUT2D eigenvalue weighted by molar-refractivity contribution is 6.42. The van der Waals surface area contributed by atoms with Gasteiger partial charge in [0.25, 0.3) is 5.91 Å². The molecular formula is C19H19Cl2N3O3. The molecule has 2 amide bonds. The summed E-state index contributed by atoms with van der Waals surface area (Å²) >= 11 is 11.9. The maximum Gasteiger partial charge on any atom is 0.251 e. The van der Waals surface area contributed by atoms with Crippen molar-refractivity contribution >= 4 is 46.4 Å². The van der Waals surface area contributed by atoms with Crippen molar-refractivity contribution in [1.82, 2.24) is 5.32 Å². The van der Waals surface area contributed by atoms with Crippen molar-refractivity contribution in [3.8, 4) is 0 Å². The van der Waals surface area contributed by atoms with Gasteiger partial charge in [0.05, 0.1) is 27.0 Å². The molecule has 1 heterocycles. The molecule has 27 heavy (non-hydrogen) atoms. The van der Waals surface area contributed by atoms with Crippen LogP contribution in [0.1, 0.15) is 29.8 Å². The summed E-state index contributed by atoms with van der Waals surface area (Å²) in [5.41, 5.74) is 1.12. The van der Waals surface area contributed by atoms with E-state index in [0.717, 1.165) is 5.56 Å². The lowest BCUT2D eigenvalue weighted by molar-refractivity contribution is -0.121. The minimum Gasteiger partial charge on any atom is -0.388 e. The van der Waals surface area contributed by atoms with Gasteiger partial charge < -0.3 is 21.1 Å². The number of anilines is 2. The summed E-state index contributed by atoms with van der Waals surface area (Å²) in [6, 6.07) is 9.30. The van der Waals surface area contributed by atoms with Crippen LogP contribution in [0.4, 0.5) is 11.4 Å². The van der Waals surface area contributed by atoms with Crippen molar-refractivity contribution in [2.24, 2.45) is 0 Å². The second kappa shape index (κ2) is 7.38. The average Bonchev–Trinajstić information content (AvgIpc) is 2.60. The number of hydrogen-bond acceptors (Lipinski definition) is 4. The number of rotatable bonds is 4. The molecule has 3 rings (SSSR count). The zero-order valence-electron chi connectivity index (χ0n) is 14.8. The van der Waals surface area contributed by atoms with Gasteiger partial charge in [-0.05, 0) is 49.7 Å². The van der Waals surface area contributed by atoms with Crippen LogP contribution in [0.2, 0.25) is 10.0 Å². The Labute approximate surface area is 166 Å². The van der Waals surface area contributed by atoms with Crippen molar-refractivity contribution in [2.75, 3.05) is 10.6 Å². The van der Waals surface area contributed by atoms with E-state index in [1.807, 2.05) is 0 Å². The predicted molar refractivity (Wildman–Crippen MR) is 106 cm³/mol. The number of halogens is 2. The summed E-state index contributed by atoms with van der Waals surface area (Å²) < 4.78 is 0. The summed E-state index contributed by atoms with van der Waals surface area (Å²) in [6.45, 7) is 3.40. The molecule has 0 spiro atoms. The first-order valence-electron chi connectivity index (χ1n) is 8.31. The van der Waals surface area contributed by atoms with Crippen LogP contribution in [0, 0.1) is 0 Å². The molecule has 6 nitrogen and oxygen atoms in total. The second-order valence-corrected chi connectivity index (χ2v) is 7.73. The fourth-order valence-corrected chi connectivity index (χ4v) is 3.09. The van der Waals surface area contributed by atoms with Crippen LogP contribution in [-0.4, -0.2) is 28.6 Å². The molecule has 0 bridgehead atoms. The van der Waals surface area contributed by atoms with Gasteiger partial charge in [-0.25, -0.2) is 0 Å². The molecule has 2 aromatic rings. The lowest BCUT2D eigenvalue weighted by atomic mass is 9.95. The number of benzene rings is 2. The number of fused-ring (bicyclic) bond motifs is 1. The number of amides is 2. The Balaban J connectivity index is 1.71. The molecule has 4 N–H and O–H groups in total. The molecule has 0 aliphatic carbocycles. The summed E-state index contributed by atoms with van der Waals surface area (Å²) in [5, 5.41) is 19.5. The van der Waals surface area contributed by atoms with E-state index in [4.69, 9.17) is 23.2 Å². The van der Waals surface area contributed by atoms with Crippen LogP contribution in [0.15, 0.2) is 36.4 Å². The van der Waals surface area contributed by atoms with Crippen LogP contribution in [0.5, 0.6) is 0 Å². The van der Waals surface area contributed by atoms with E-state index in [1.165, 1.54) is 0 Å². The van der Waals surface area contributed by atoms with E-state index in [-0.39, 0.29) is 18.4 Å². The van der Waals surface area contributed by atoms with Gasteiger partial charge in [-0.3, -0.25) is 9.59 Å². The normalized spacial score (nSPS) is 16.2. The highest BCUT2D eigenvalue weighted by Crippen LogP contribution is 2.30. The monoisotopic (exact) mass is 407 g/mol. The molecule has 0 saturated heterocycles. The zero-order valence-corrected chi connectivity index (χ0v) is 16.3. The van der Waals surface area contributed by atoms with Crippen molar-refractivity contribution in [2.45, 2.75) is 32.0 Å². The lowest BCUT2D eigenvalue weighted by Gasteiger charge is -2.34. The van der Waals surface area contributed by atoms with Crippen molar-refractivity contribution < 1.29 is 14.7 Å². The third-order valence-corrected chi connectivity index (χ3v) is 4.98. The molecule has 142 valence electrons. The fourth-order valence-electron chi connectivity index (χ4n) is 2.77. The lowest BCUT2D eigenvalue weighted by Crippen LogP contribution is -2.52. The van der Waals surface area contributed by atoms with Crippen LogP contribution < -0.4 is 16.0 Å². The fraction of sp³-hybridized carbons (Fsp3) is 0.263. The third-order valence-electron chi connectivity index (χ3n) is 4.25. The van der Waals surface area contributed by atoms with Gasteiger partial charge in [-0.15, -0.1) is 0 Å². The Morgan fingerprint density at radius 2 is 1.89 bits per heavy atom. The average molecular weight is 408 g/mol. The maximum absolute atomic E-state index is 12.4. The summed E-state index contributed by atoms with van der Waals surface area (Å²) in [4.78, 5) is 24.6. The molecule has 0 aromatic heterocycles. The SMILES string of the molecule is CC(C)(O)[C@@H]1Nc2ccc(C(=O)NCc3ccc(Cl)c(Cl)c3)cc2NC1=O. The van der Waals surface area contributed by atoms with E-state index in [2.05, 4.69) is 16.0 Å². The number of carbonyl (C=O) groups is 2. The first-order chi connectivity index (χ1) is 12.6. The van der Waals surface area contributed by atoms with E-state index in [0.29, 0.717) is 27.0 Å². The number of aliphatic hydroxyl groups is 1. The van der Waals surface area contributed by atoms with E-state index < -0.39 is 11.6 Å². The Morgan fingerprint density at radius 1 is 1.15 bits per heavy atom. The van der Waals surface area contributed by atoms with Crippen LogP contribution >= 0.6 is 23.2 Å². The molecule has 0 radical (unpaired) electrons. The second-order valence-electron chi connectivity index (χ2n) is 6.91. The standard InChI is InChI=1S/C19H19Cl2N3O3/c1-19(2,27)16-18(26)24-15-8-11(4-6-14(15)23-16)17(25)22-9-10-3-5-12(20)13(21)7-10/h3-8,16,23,27H,9H2,1-2H3,(H,22,25)(H,24,26)/t16-/m1/s1. The number of nitrogens with one attached hydrogen (secondary N) is 3. The highest BCUT2D eigenvalue weighted by atomic mass is 35.5. The Bertz CT molecular complexity index is 910. The van der Waals surface area contributed by atoms with Gasteiger partial charge in [0.1, 0.15) is 6.04 Å². The molecule has 8 heteroatoms. The van der Waals surface area contributed by atoms with Gasteiger partial charge in [-0.1, -0.05) is 29.3 Å². The van der Waals surface area contributed by atoms with E-state index in [9.17, 15) is 14.7 Å².